The van der Waals surface area contributed by atoms with Gasteiger partial charge in [-0.2, -0.15) is 0 Å². The average Bonchev–Trinajstić information content (AvgIpc) is 2.66. The predicted octanol–water partition coefficient (Wildman–Crippen LogP) is 3.56. The number of benzene rings is 2. The van der Waals surface area contributed by atoms with Crippen molar-refractivity contribution in [1.82, 2.24) is 10.6 Å². The molecule has 0 aromatic heterocycles. The fourth-order valence-electron chi connectivity index (χ4n) is 2.49. The summed E-state index contributed by atoms with van der Waals surface area (Å²) in [5, 5.41) is 5.80. The molecule has 0 heterocycles. The Labute approximate surface area is 189 Å². The molecule has 2 aromatic carbocycles. The van der Waals surface area contributed by atoms with E-state index in [1.807, 2.05) is 0 Å². The minimum atomic E-state index is -3.27. The third-order valence-corrected chi connectivity index (χ3v) is 5.13. The fourth-order valence-corrected chi connectivity index (χ4v) is 3.12. The van der Waals surface area contributed by atoms with E-state index in [1.54, 1.807) is 19.1 Å². The molecule has 0 radical (unpaired) electrons. The van der Waals surface area contributed by atoms with Crippen LogP contribution in [0.2, 0.25) is 0 Å². The van der Waals surface area contributed by atoms with E-state index in [2.05, 4.69) is 15.6 Å². The smallest absolute Gasteiger partial charge is 0.191 e. The molecule has 0 saturated heterocycles. The van der Waals surface area contributed by atoms with Crippen molar-refractivity contribution in [3.05, 3.63) is 64.7 Å². The van der Waals surface area contributed by atoms with Crippen LogP contribution in [-0.2, 0) is 22.8 Å². The van der Waals surface area contributed by atoms with E-state index < -0.39 is 45.2 Å². The first-order chi connectivity index (χ1) is 13.6. The van der Waals surface area contributed by atoms with Gasteiger partial charge in [0.1, 0.15) is 0 Å². The third kappa shape index (κ3) is 7.11. The molecular weight excluding hydrogens is 537 g/mol. The third-order valence-electron chi connectivity index (χ3n) is 4.00. The second kappa shape index (κ2) is 11.5. The first kappa shape index (κ1) is 26.1. The Hall–Kier alpha value is -1.89. The Balaban J connectivity index is 0.00000450. The van der Waals surface area contributed by atoms with E-state index in [1.165, 1.54) is 12.1 Å². The van der Waals surface area contributed by atoms with Gasteiger partial charge < -0.3 is 10.6 Å². The maximum atomic E-state index is 13.7. The molecule has 0 unspecified atom stereocenters. The van der Waals surface area contributed by atoms with Gasteiger partial charge in [-0.1, -0.05) is 12.1 Å². The first-order valence-electron chi connectivity index (χ1n) is 8.76. The average molecular weight is 559 g/mol. The van der Waals surface area contributed by atoms with Crippen molar-refractivity contribution in [2.45, 2.75) is 24.8 Å². The highest BCUT2D eigenvalue weighted by Gasteiger charge is 2.18. The Bertz CT molecular complexity index is 974. The van der Waals surface area contributed by atoms with Gasteiger partial charge in [0.15, 0.2) is 39.1 Å². The summed E-state index contributed by atoms with van der Waals surface area (Å²) in [6.45, 7) is 2.03. The number of nitrogens with zero attached hydrogens (tertiary/aromatic N) is 1. The number of halogens is 5. The van der Waals surface area contributed by atoms with Crippen molar-refractivity contribution in [2.75, 3.05) is 19.3 Å². The van der Waals surface area contributed by atoms with E-state index in [-0.39, 0.29) is 40.9 Å². The van der Waals surface area contributed by atoms with Crippen molar-refractivity contribution in [3.8, 4) is 0 Å². The van der Waals surface area contributed by atoms with Gasteiger partial charge in [0, 0.05) is 25.4 Å². The standard InChI is InChI=1S/C19H21F4N3O2S.HI/c1-3-24-19(26-11-14-17(22)15(20)10-16(21)18(14)23)25-9-8-12-4-6-13(7-5-12)29(2,27)28;/h4-7,10H,3,8-9,11H2,1-2H3,(H2,24,25,26);1H. The largest absolute Gasteiger partial charge is 0.357 e. The lowest BCUT2D eigenvalue weighted by molar-refractivity contribution is 0.439. The van der Waals surface area contributed by atoms with Crippen LogP contribution in [0.15, 0.2) is 40.2 Å². The van der Waals surface area contributed by atoms with Crippen molar-refractivity contribution in [3.63, 3.8) is 0 Å². The summed E-state index contributed by atoms with van der Waals surface area (Å²) in [5.74, 6) is -5.71. The molecule has 2 N–H and O–H groups in total. The van der Waals surface area contributed by atoms with Crippen LogP contribution in [0.4, 0.5) is 17.6 Å². The maximum Gasteiger partial charge on any atom is 0.191 e. The van der Waals surface area contributed by atoms with Crippen LogP contribution in [0, 0.1) is 23.3 Å². The number of aliphatic imine (C=N–C) groups is 1. The number of hydrogen-bond donors (Lipinski definition) is 2. The van der Waals surface area contributed by atoms with Crippen molar-refractivity contribution in [1.29, 1.82) is 0 Å². The quantitative estimate of drug-likeness (QED) is 0.179. The summed E-state index contributed by atoms with van der Waals surface area (Å²) >= 11 is 0. The van der Waals surface area contributed by atoms with Gasteiger partial charge >= 0.3 is 0 Å². The number of sulfone groups is 1. The summed E-state index contributed by atoms with van der Waals surface area (Å²) in [7, 11) is -3.27. The van der Waals surface area contributed by atoms with E-state index in [4.69, 9.17) is 0 Å². The van der Waals surface area contributed by atoms with Gasteiger partial charge in [-0.15, -0.1) is 24.0 Å². The van der Waals surface area contributed by atoms with Gasteiger partial charge in [-0.3, -0.25) is 0 Å². The molecule has 5 nitrogen and oxygen atoms in total. The minimum absolute atomic E-state index is 0. The Morgan fingerprint density at radius 2 is 1.57 bits per heavy atom. The highest BCUT2D eigenvalue weighted by Crippen LogP contribution is 2.20. The van der Waals surface area contributed by atoms with Crippen LogP contribution in [-0.4, -0.2) is 33.7 Å². The Kier molecular flexibility index (Phi) is 10.0. The molecule has 0 bridgehead atoms. The molecule has 0 aliphatic heterocycles. The van der Waals surface area contributed by atoms with E-state index in [9.17, 15) is 26.0 Å². The number of guanidine groups is 1. The Morgan fingerprint density at radius 1 is 1.00 bits per heavy atom. The summed E-state index contributed by atoms with van der Waals surface area (Å²) < 4.78 is 77.0. The van der Waals surface area contributed by atoms with Crippen LogP contribution >= 0.6 is 24.0 Å². The minimum Gasteiger partial charge on any atom is -0.357 e. The van der Waals surface area contributed by atoms with Crippen LogP contribution in [0.3, 0.4) is 0 Å². The number of nitrogens with one attached hydrogen (secondary N) is 2. The summed E-state index contributed by atoms with van der Waals surface area (Å²) in [5.41, 5.74) is 0.0705. The molecule has 0 atom stereocenters. The topological polar surface area (TPSA) is 70.6 Å². The van der Waals surface area contributed by atoms with Gasteiger partial charge in [0.05, 0.1) is 17.0 Å². The predicted molar refractivity (Wildman–Crippen MR) is 118 cm³/mol. The van der Waals surface area contributed by atoms with Crippen LogP contribution in [0.1, 0.15) is 18.1 Å². The molecule has 166 valence electrons. The molecule has 0 saturated carbocycles. The fraction of sp³-hybridized carbons (Fsp3) is 0.316. The van der Waals surface area contributed by atoms with Crippen LogP contribution < -0.4 is 10.6 Å². The Morgan fingerprint density at radius 3 is 2.07 bits per heavy atom. The molecule has 0 amide bonds. The lowest BCUT2D eigenvalue weighted by Gasteiger charge is -2.12. The molecule has 0 spiro atoms. The molecule has 2 rings (SSSR count). The molecule has 11 heteroatoms. The number of rotatable bonds is 7. The normalized spacial score (nSPS) is 11.7. The molecule has 0 fully saturated rings. The van der Waals surface area contributed by atoms with E-state index in [0.717, 1.165) is 11.8 Å². The second-order valence-corrected chi connectivity index (χ2v) is 8.25. The first-order valence-corrected chi connectivity index (χ1v) is 10.7. The molecule has 0 aliphatic rings. The monoisotopic (exact) mass is 559 g/mol. The SMILES string of the molecule is CCNC(=NCc1c(F)c(F)cc(F)c1F)NCCc1ccc(S(C)(=O)=O)cc1.I. The van der Waals surface area contributed by atoms with Gasteiger partial charge in [-0.25, -0.2) is 31.0 Å². The van der Waals surface area contributed by atoms with E-state index in [0.29, 0.717) is 19.5 Å². The lowest BCUT2D eigenvalue weighted by Crippen LogP contribution is -2.38. The van der Waals surface area contributed by atoms with Crippen molar-refractivity contribution in [2.24, 2.45) is 4.99 Å². The second-order valence-electron chi connectivity index (χ2n) is 6.23. The van der Waals surface area contributed by atoms with Gasteiger partial charge in [0.2, 0.25) is 0 Å². The molecule has 0 aliphatic carbocycles. The zero-order valence-corrected chi connectivity index (χ0v) is 19.5. The highest BCUT2D eigenvalue weighted by atomic mass is 127. The molecule has 2 aromatic rings. The van der Waals surface area contributed by atoms with E-state index >= 15 is 0 Å². The molecule has 30 heavy (non-hydrogen) atoms. The zero-order valence-electron chi connectivity index (χ0n) is 16.3. The van der Waals surface area contributed by atoms with Crippen LogP contribution in [0.25, 0.3) is 0 Å². The highest BCUT2D eigenvalue weighted by molar-refractivity contribution is 14.0. The summed E-state index contributed by atoms with van der Waals surface area (Å²) in [6, 6.07) is 6.53. The zero-order chi connectivity index (χ0) is 21.6. The van der Waals surface area contributed by atoms with Gasteiger partial charge in [0.25, 0.3) is 0 Å². The van der Waals surface area contributed by atoms with Crippen LogP contribution in [0.5, 0.6) is 0 Å². The molecular formula is C19H22F4IN3O2S. The maximum absolute atomic E-state index is 13.7. The van der Waals surface area contributed by atoms with Gasteiger partial charge in [-0.05, 0) is 31.0 Å². The van der Waals surface area contributed by atoms with Crippen molar-refractivity contribution < 1.29 is 26.0 Å². The van der Waals surface area contributed by atoms with Crippen molar-refractivity contribution >= 4 is 39.8 Å². The summed E-state index contributed by atoms with van der Waals surface area (Å²) in [4.78, 5) is 4.19. The summed E-state index contributed by atoms with van der Waals surface area (Å²) in [6.07, 6.45) is 1.64. The lowest BCUT2D eigenvalue weighted by atomic mass is 10.1. The number of hydrogen-bond acceptors (Lipinski definition) is 3.